The lowest BCUT2D eigenvalue weighted by molar-refractivity contribution is -0.347. The molecule has 3 saturated carbocycles. The highest BCUT2D eigenvalue weighted by Crippen LogP contribution is 2.80. The second kappa shape index (κ2) is 8.22. The van der Waals surface area contributed by atoms with Crippen LogP contribution in [-0.4, -0.2) is 56.6 Å². The largest absolute Gasteiger partial charge is 0.485 e. The van der Waals surface area contributed by atoms with Gasteiger partial charge in [-0.3, -0.25) is 0 Å². The van der Waals surface area contributed by atoms with E-state index in [1.165, 1.54) is 0 Å². The summed E-state index contributed by atoms with van der Waals surface area (Å²) in [4.78, 5) is 3.59. The lowest BCUT2D eigenvalue weighted by atomic mass is 9.30. The van der Waals surface area contributed by atoms with Gasteiger partial charge in [-0.05, 0) is 64.9 Å². The van der Waals surface area contributed by atoms with Crippen molar-refractivity contribution in [2.45, 2.75) is 48.3 Å². The van der Waals surface area contributed by atoms with Gasteiger partial charge in [-0.2, -0.15) is 0 Å². The van der Waals surface area contributed by atoms with E-state index in [9.17, 15) is 13.9 Å². The Morgan fingerprint density at radius 2 is 1.82 bits per heavy atom. The van der Waals surface area contributed by atoms with Crippen molar-refractivity contribution in [3.8, 4) is 5.75 Å². The highest BCUT2D eigenvalue weighted by atomic mass is 19.3. The Hall–Kier alpha value is -3.56. The number of aliphatic hydroxyl groups is 1. The molecule has 1 N–H and O–H groups in total. The molecular formula is C26H23F4N5O3. The molecule has 4 aliphatic rings. The molecule has 0 spiro atoms. The fourth-order valence-corrected chi connectivity index (χ4v) is 6.17. The Balaban J connectivity index is 1.21. The van der Waals surface area contributed by atoms with Crippen molar-refractivity contribution in [3.63, 3.8) is 0 Å². The van der Waals surface area contributed by atoms with Gasteiger partial charge in [0.1, 0.15) is 36.9 Å². The normalized spacial score (nSPS) is 26.7. The van der Waals surface area contributed by atoms with E-state index in [0.29, 0.717) is 25.0 Å². The minimum absolute atomic E-state index is 0.0894. The molecule has 3 aliphatic carbocycles. The average Bonchev–Trinajstić information content (AvgIpc) is 3.30. The number of alkyl halides is 2. The van der Waals surface area contributed by atoms with Crippen molar-refractivity contribution < 1.29 is 32.1 Å². The fraction of sp³-hybridized carbons (Fsp3) is 0.462. The number of tetrazole rings is 1. The van der Waals surface area contributed by atoms with Crippen molar-refractivity contribution >= 4 is 0 Å². The zero-order valence-electron chi connectivity index (χ0n) is 20.1. The molecular weight excluding hydrogens is 506 g/mol. The third-order valence-electron chi connectivity index (χ3n) is 8.33. The summed E-state index contributed by atoms with van der Waals surface area (Å²) in [5.41, 5.74) is -5.58. The number of rotatable bonds is 9. The maximum atomic E-state index is 16.3. The van der Waals surface area contributed by atoms with Crippen LogP contribution in [0.25, 0.3) is 4.85 Å². The molecule has 8 nitrogen and oxygen atoms in total. The molecule has 12 heteroatoms. The van der Waals surface area contributed by atoms with Crippen LogP contribution in [0.2, 0.25) is 0 Å². The van der Waals surface area contributed by atoms with Crippen LogP contribution in [-0.2, 0) is 22.3 Å². The van der Waals surface area contributed by atoms with Crippen molar-refractivity contribution in [1.82, 2.24) is 20.2 Å². The van der Waals surface area contributed by atoms with E-state index in [2.05, 4.69) is 20.4 Å². The number of hydrogen-bond donors (Lipinski definition) is 1. The lowest BCUT2D eigenvalue weighted by Gasteiger charge is -2.74. The van der Waals surface area contributed by atoms with Crippen LogP contribution < -0.4 is 4.74 Å². The summed E-state index contributed by atoms with van der Waals surface area (Å²) in [5.74, 6) is -5.43. The lowest BCUT2D eigenvalue weighted by Crippen LogP contribution is -2.76. The predicted octanol–water partition coefficient (Wildman–Crippen LogP) is 3.66. The van der Waals surface area contributed by atoms with E-state index in [1.54, 1.807) is 12.1 Å². The Morgan fingerprint density at radius 3 is 2.37 bits per heavy atom. The van der Waals surface area contributed by atoms with E-state index in [0.717, 1.165) is 28.7 Å². The van der Waals surface area contributed by atoms with E-state index >= 15 is 8.78 Å². The molecule has 1 aromatic heterocycles. The van der Waals surface area contributed by atoms with Crippen LogP contribution in [0.5, 0.6) is 5.75 Å². The Labute approximate surface area is 215 Å². The van der Waals surface area contributed by atoms with Crippen LogP contribution in [0.4, 0.5) is 17.6 Å². The first-order chi connectivity index (χ1) is 18.1. The van der Waals surface area contributed by atoms with Crippen molar-refractivity contribution in [2.24, 2.45) is 5.41 Å². The highest BCUT2D eigenvalue weighted by molar-refractivity contribution is 5.44. The van der Waals surface area contributed by atoms with E-state index in [4.69, 9.17) is 16.0 Å². The van der Waals surface area contributed by atoms with Gasteiger partial charge in [0.05, 0.1) is 6.54 Å². The predicted molar refractivity (Wildman–Crippen MR) is 123 cm³/mol. The first-order valence-electron chi connectivity index (χ1n) is 12.0. The minimum Gasteiger partial charge on any atom is -0.485 e. The van der Waals surface area contributed by atoms with Crippen LogP contribution in [0, 0.1) is 23.6 Å². The van der Waals surface area contributed by atoms with Crippen LogP contribution in [0.3, 0.4) is 0 Å². The standard InChI is InChI=1S/C26H23F4N5O3/c1-31-24(13-37-14-24)15-38-19-5-2-17(3-6-19)22-9-23(10-22,11-22)26(29,30)25(36,12-35-16-32-33-34-35)20-7-4-18(27)8-21(20)28/h2-8,16,36H,9-15H2. The second-order valence-electron chi connectivity index (χ2n) is 10.8. The molecule has 7 rings (SSSR count). The molecule has 1 atom stereocenters. The summed E-state index contributed by atoms with van der Waals surface area (Å²) in [6.07, 6.45) is 1.32. The van der Waals surface area contributed by atoms with Gasteiger partial charge in [-0.15, -0.1) is 5.10 Å². The fourth-order valence-electron chi connectivity index (χ4n) is 6.17. The second-order valence-corrected chi connectivity index (χ2v) is 10.8. The average molecular weight is 529 g/mol. The summed E-state index contributed by atoms with van der Waals surface area (Å²) in [5, 5.41) is 21.9. The summed E-state index contributed by atoms with van der Waals surface area (Å²) >= 11 is 0. The number of nitrogens with zero attached hydrogens (tertiary/aromatic N) is 5. The van der Waals surface area contributed by atoms with E-state index in [1.807, 2.05) is 12.1 Å². The van der Waals surface area contributed by atoms with Gasteiger partial charge in [-0.1, -0.05) is 12.1 Å². The summed E-state index contributed by atoms with van der Waals surface area (Å²) < 4.78 is 72.7. The number of ether oxygens (including phenoxy) is 2. The highest BCUT2D eigenvalue weighted by Gasteiger charge is 2.82. The Morgan fingerprint density at radius 1 is 1.11 bits per heavy atom. The van der Waals surface area contributed by atoms with Crippen molar-refractivity contribution in [3.05, 3.63) is 83.0 Å². The van der Waals surface area contributed by atoms with Gasteiger partial charge in [0, 0.05) is 17.0 Å². The van der Waals surface area contributed by atoms with Crippen LogP contribution >= 0.6 is 0 Å². The van der Waals surface area contributed by atoms with Gasteiger partial charge in [0.2, 0.25) is 0 Å². The molecule has 4 fully saturated rings. The van der Waals surface area contributed by atoms with Crippen LogP contribution in [0.1, 0.15) is 30.4 Å². The molecule has 2 aromatic carbocycles. The van der Waals surface area contributed by atoms with E-state index in [-0.39, 0.29) is 25.9 Å². The van der Waals surface area contributed by atoms with Crippen molar-refractivity contribution in [1.29, 1.82) is 0 Å². The van der Waals surface area contributed by atoms with E-state index < -0.39 is 51.6 Å². The number of aromatic nitrogens is 4. The maximum absolute atomic E-state index is 16.3. The number of hydrogen-bond acceptors (Lipinski definition) is 6. The number of halogens is 4. The molecule has 38 heavy (non-hydrogen) atoms. The zero-order valence-corrected chi connectivity index (χ0v) is 20.1. The SMILES string of the molecule is [C-]#[N+]C1(COc2ccc(C34CC(C(F)(F)C(O)(Cn5cnnn5)c5ccc(F)cc5F)(C3)C4)cc2)COC1. The van der Waals surface area contributed by atoms with Gasteiger partial charge in [0.25, 0.3) is 5.92 Å². The molecule has 1 saturated heterocycles. The van der Waals surface area contributed by atoms with Gasteiger partial charge < -0.3 is 19.4 Å². The van der Waals surface area contributed by atoms with Gasteiger partial charge in [-0.25, -0.2) is 28.8 Å². The van der Waals surface area contributed by atoms with Crippen molar-refractivity contribution in [2.75, 3.05) is 19.8 Å². The van der Waals surface area contributed by atoms with Gasteiger partial charge >= 0.3 is 5.54 Å². The molecule has 2 heterocycles. The third-order valence-corrected chi connectivity index (χ3v) is 8.33. The number of benzene rings is 2. The molecule has 0 radical (unpaired) electrons. The molecule has 1 unspecified atom stereocenters. The van der Waals surface area contributed by atoms with Crippen LogP contribution in [0.15, 0.2) is 48.8 Å². The molecule has 0 amide bonds. The molecule has 3 aromatic rings. The summed E-state index contributed by atoms with van der Waals surface area (Å²) in [6.45, 7) is 7.36. The van der Waals surface area contributed by atoms with Gasteiger partial charge in [0.15, 0.2) is 12.2 Å². The topological polar surface area (TPSA) is 86.7 Å². The minimum atomic E-state index is -3.78. The Kier molecular flexibility index (Phi) is 5.35. The zero-order chi connectivity index (χ0) is 26.8. The first kappa shape index (κ1) is 24.8. The Bertz CT molecular complexity index is 1390. The molecule has 198 valence electrons. The summed E-state index contributed by atoms with van der Waals surface area (Å²) in [7, 11) is 0. The molecule has 2 bridgehead atoms. The maximum Gasteiger partial charge on any atom is 0.311 e. The smallest absolute Gasteiger partial charge is 0.311 e. The summed E-state index contributed by atoms with van der Waals surface area (Å²) in [6, 6.07) is 9.30. The quantitative estimate of drug-likeness (QED) is 0.336. The first-order valence-corrected chi connectivity index (χ1v) is 12.0. The molecule has 1 aliphatic heterocycles. The third kappa shape index (κ3) is 3.45. The monoisotopic (exact) mass is 529 g/mol.